The van der Waals surface area contributed by atoms with Crippen molar-refractivity contribution in [1.82, 2.24) is 0 Å². The number of carboxylic acids is 1. The fourth-order valence-electron chi connectivity index (χ4n) is 2.54. The minimum absolute atomic E-state index is 0.0719. The first-order chi connectivity index (χ1) is 10.6. The summed E-state index contributed by atoms with van der Waals surface area (Å²) >= 11 is 0. The Hall–Kier alpha value is -2.08. The molecule has 1 aromatic rings. The van der Waals surface area contributed by atoms with Gasteiger partial charge in [-0.3, -0.25) is 4.79 Å². The third kappa shape index (κ3) is 4.46. The number of methoxy groups -OCH3 is 1. The Balaban J connectivity index is 1.89. The largest absolute Gasteiger partial charge is 0.496 e. The number of ether oxygens (including phenoxy) is 2. The fourth-order valence-corrected chi connectivity index (χ4v) is 2.54. The van der Waals surface area contributed by atoms with Crippen LogP contribution >= 0.6 is 0 Å². The summed E-state index contributed by atoms with van der Waals surface area (Å²) in [7, 11) is 1.40. The molecular weight excluding hydrogens is 286 g/mol. The van der Waals surface area contributed by atoms with Gasteiger partial charge in [0.05, 0.1) is 7.11 Å². The van der Waals surface area contributed by atoms with Crippen LogP contribution in [0.4, 0.5) is 5.69 Å². The van der Waals surface area contributed by atoms with Gasteiger partial charge in [0, 0.05) is 31.4 Å². The number of hydrogen-bond acceptors (Lipinski definition) is 4. The Morgan fingerprint density at radius 3 is 2.73 bits per heavy atom. The van der Waals surface area contributed by atoms with Crippen LogP contribution in [0, 0.1) is 5.92 Å². The molecule has 1 aliphatic heterocycles. The minimum atomic E-state index is -1.06. The molecule has 2 rings (SSSR count). The number of anilines is 1. The third-order valence-corrected chi connectivity index (χ3v) is 3.84. The number of nitrogens with one attached hydrogen (secondary N) is 1. The highest BCUT2D eigenvalue weighted by atomic mass is 16.5. The van der Waals surface area contributed by atoms with E-state index >= 15 is 0 Å². The van der Waals surface area contributed by atoms with Gasteiger partial charge in [-0.2, -0.15) is 0 Å². The molecule has 1 heterocycles. The van der Waals surface area contributed by atoms with Crippen molar-refractivity contribution >= 4 is 17.6 Å². The molecule has 2 N–H and O–H groups in total. The van der Waals surface area contributed by atoms with Crippen molar-refractivity contribution in [2.75, 3.05) is 25.6 Å². The van der Waals surface area contributed by atoms with E-state index in [-0.39, 0.29) is 17.2 Å². The average Bonchev–Trinajstić information content (AvgIpc) is 2.53. The lowest BCUT2D eigenvalue weighted by atomic mass is 9.95. The maximum absolute atomic E-state index is 12.0. The second kappa shape index (κ2) is 7.79. The molecule has 6 heteroatoms. The molecule has 1 aliphatic rings. The molecule has 0 atom stereocenters. The lowest BCUT2D eigenvalue weighted by Crippen LogP contribution is -2.18. The number of amides is 1. The zero-order valence-electron chi connectivity index (χ0n) is 12.6. The molecule has 0 saturated carbocycles. The zero-order valence-corrected chi connectivity index (χ0v) is 12.6. The maximum atomic E-state index is 12.0. The zero-order chi connectivity index (χ0) is 15.9. The second-order valence-corrected chi connectivity index (χ2v) is 5.36. The van der Waals surface area contributed by atoms with E-state index in [2.05, 4.69) is 5.32 Å². The van der Waals surface area contributed by atoms with E-state index < -0.39 is 5.97 Å². The highest BCUT2D eigenvalue weighted by Gasteiger charge is 2.16. The molecular formula is C16H21NO5. The van der Waals surface area contributed by atoms with Crippen LogP contribution in [0.15, 0.2) is 18.2 Å². The van der Waals surface area contributed by atoms with Crippen molar-refractivity contribution in [3.05, 3.63) is 23.8 Å². The summed E-state index contributed by atoms with van der Waals surface area (Å²) in [6.07, 6.45) is 3.32. The molecule has 1 aromatic carbocycles. The standard InChI is InChI=1S/C16H21NO5/c1-21-14-10-12(3-4-13(14)16(19)20)17-15(18)5-2-11-6-8-22-9-7-11/h3-4,10-11H,2,5-9H2,1H3,(H,17,18)(H,19,20). The number of carbonyl (C=O) groups excluding carboxylic acids is 1. The third-order valence-electron chi connectivity index (χ3n) is 3.84. The van der Waals surface area contributed by atoms with Crippen molar-refractivity contribution < 1.29 is 24.2 Å². The van der Waals surface area contributed by atoms with Crippen LogP contribution in [0.1, 0.15) is 36.0 Å². The molecule has 0 unspecified atom stereocenters. The smallest absolute Gasteiger partial charge is 0.339 e. The van der Waals surface area contributed by atoms with Gasteiger partial charge in [0.2, 0.25) is 5.91 Å². The van der Waals surface area contributed by atoms with Crippen LogP contribution in [-0.2, 0) is 9.53 Å². The Labute approximate surface area is 129 Å². The first kappa shape index (κ1) is 16.3. The van der Waals surface area contributed by atoms with Gasteiger partial charge in [0.25, 0.3) is 0 Å². The van der Waals surface area contributed by atoms with Gasteiger partial charge >= 0.3 is 5.97 Å². The number of carboxylic acid groups (broad SMARTS) is 1. The number of benzene rings is 1. The summed E-state index contributed by atoms with van der Waals surface area (Å²) in [6.45, 7) is 1.56. The number of hydrogen-bond donors (Lipinski definition) is 2. The van der Waals surface area contributed by atoms with Gasteiger partial charge in [0.15, 0.2) is 0 Å². The van der Waals surface area contributed by atoms with Crippen LogP contribution in [0.2, 0.25) is 0 Å². The summed E-state index contributed by atoms with van der Waals surface area (Å²) in [4.78, 5) is 23.0. The normalized spacial score (nSPS) is 15.3. The highest BCUT2D eigenvalue weighted by Crippen LogP contribution is 2.24. The Morgan fingerprint density at radius 2 is 2.09 bits per heavy atom. The number of carbonyl (C=O) groups is 2. The predicted molar refractivity (Wildman–Crippen MR) is 81.4 cm³/mol. The molecule has 1 saturated heterocycles. The minimum Gasteiger partial charge on any atom is -0.496 e. The summed E-state index contributed by atoms with van der Waals surface area (Å²) in [5, 5.41) is 11.8. The molecule has 1 amide bonds. The van der Waals surface area contributed by atoms with Crippen molar-refractivity contribution in [3.8, 4) is 5.75 Å². The van der Waals surface area contributed by atoms with Gasteiger partial charge in [-0.05, 0) is 37.3 Å². The number of aromatic carboxylic acids is 1. The van der Waals surface area contributed by atoms with E-state index in [1.807, 2.05) is 0 Å². The summed E-state index contributed by atoms with van der Waals surface area (Å²) in [5.41, 5.74) is 0.613. The van der Waals surface area contributed by atoms with Crippen LogP contribution in [-0.4, -0.2) is 37.3 Å². The van der Waals surface area contributed by atoms with Gasteiger partial charge < -0.3 is 19.9 Å². The van der Waals surface area contributed by atoms with E-state index in [4.69, 9.17) is 14.6 Å². The quantitative estimate of drug-likeness (QED) is 0.843. The number of rotatable bonds is 6. The van der Waals surface area contributed by atoms with Crippen molar-refractivity contribution in [2.45, 2.75) is 25.7 Å². The first-order valence-corrected chi connectivity index (χ1v) is 7.39. The van der Waals surface area contributed by atoms with E-state index in [1.54, 1.807) is 6.07 Å². The Bertz CT molecular complexity index is 537. The van der Waals surface area contributed by atoms with Gasteiger partial charge in [0.1, 0.15) is 11.3 Å². The SMILES string of the molecule is COc1cc(NC(=O)CCC2CCOCC2)ccc1C(=O)O. The monoisotopic (exact) mass is 307 g/mol. The van der Waals surface area contributed by atoms with E-state index in [1.165, 1.54) is 19.2 Å². The van der Waals surface area contributed by atoms with Crippen LogP contribution in [0.3, 0.4) is 0 Å². The predicted octanol–water partition coefficient (Wildman–Crippen LogP) is 2.54. The molecule has 22 heavy (non-hydrogen) atoms. The summed E-state index contributed by atoms with van der Waals surface area (Å²) in [5.74, 6) is -0.357. The van der Waals surface area contributed by atoms with E-state index in [0.717, 1.165) is 32.5 Å². The average molecular weight is 307 g/mol. The molecule has 0 spiro atoms. The highest BCUT2D eigenvalue weighted by molar-refractivity contribution is 5.94. The summed E-state index contributed by atoms with van der Waals surface area (Å²) in [6, 6.07) is 4.52. The fraction of sp³-hybridized carbons (Fsp3) is 0.500. The van der Waals surface area contributed by atoms with Crippen molar-refractivity contribution in [3.63, 3.8) is 0 Å². The molecule has 0 aliphatic carbocycles. The molecule has 0 bridgehead atoms. The van der Waals surface area contributed by atoms with Gasteiger partial charge in [-0.1, -0.05) is 0 Å². The molecule has 6 nitrogen and oxygen atoms in total. The Kier molecular flexibility index (Phi) is 5.77. The maximum Gasteiger partial charge on any atom is 0.339 e. The lowest BCUT2D eigenvalue weighted by molar-refractivity contribution is -0.116. The van der Waals surface area contributed by atoms with E-state index in [0.29, 0.717) is 18.0 Å². The van der Waals surface area contributed by atoms with Gasteiger partial charge in [-0.15, -0.1) is 0 Å². The molecule has 1 fully saturated rings. The van der Waals surface area contributed by atoms with Crippen molar-refractivity contribution in [2.24, 2.45) is 5.92 Å². The Morgan fingerprint density at radius 1 is 1.36 bits per heavy atom. The lowest BCUT2D eigenvalue weighted by Gasteiger charge is -2.21. The molecule has 0 radical (unpaired) electrons. The molecule has 120 valence electrons. The van der Waals surface area contributed by atoms with Gasteiger partial charge in [-0.25, -0.2) is 4.79 Å². The first-order valence-electron chi connectivity index (χ1n) is 7.39. The van der Waals surface area contributed by atoms with Crippen LogP contribution < -0.4 is 10.1 Å². The topological polar surface area (TPSA) is 84.9 Å². The van der Waals surface area contributed by atoms with E-state index in [9.17, 15) is 9.59 Å². The van der Waals surface area contributed by atoms with Crippen LogP contribution in [0.25, 0.3) is 0 Å². The van der Waals surface area contributed by atoms with Crippen LogP contribution in [0.5, 0.6) is 5.75 Å². The molecule has 0 aromatic heterocycles. The second-order valence-electron chi connectivity index (χ2n) is 5.36. The van der Waals surface area contributed by atoms with Crippen molar-refractivity contribution in [1.29, 1.82) is 0 Å². The summed E-state index contributed by atoms with van der Waals surface area (Å²) < 4.78 is 10.3.